The minimum atomic E-state index is -0.575. The fraction of sp³-hybridized carbons (Fsp3) is 0.526. The summed E-state index contributed by atoms with van der Waals surface area (Å²) >= 11 is 0. The molecule has 3 atom stereocenters. The second-order valence-electron chi connectivity index (χ2n) is 7.64. The minimum absolute atomic E-state index is 0.0970. The first kappa shape index (κ1) is 18.7. The Morgan fingerprint density at radius 3 is 2.57 bits per heavy atom. The molecule has 1 saturated carbocycles. The number of primary amides is 1. The number of piperidine rings is 1. The fourth-order valence-electron chi connectivity index (χ4n) is 4.41. The summed E-state index contributed by atoms with van der Waals surface area (Å²) in [5.41, 5.74) is 5.94. The van der Waals surface area contributed by atoms with Crippen LogP contribution in [0.3, 0.4) is 0 Å². The number of ether oxygens (including phenoxy) is 1. The molecule has 2 amide bonds. The molecule has 1 aromatic rings. The summed E-state index contributed by atoms with van der Waals surface area (Å²) in [5.74, 6) is -0.783. The van der Waals surface area contributed by atoms with Gasteiger partial charge in [0.2, 0.25) is 5.91 Å². The van der Waals surface area contributed by atoms with E-state index in [9.17, 15) is 18.8 Å². The number of Topliss-reactive ketones (excluding diaryl/α,β-unsaturated/α-hetero) is 1. The third-order valence-corrected chi connectivity index (χ3v) is 5.89. The van der Waals surface area contributed by atoms with Crippen LogP contribution in [-0.2, 0) is 14.3 Å². The van der Waals surface area contributed by atoms with Gasteiger partial charge in [-0.15, -0.1) is 0 Å². The number of rotatable bonds is 7. The van der Waals surface area contributed by atoms with Crippen LogP contribution in [0, 0.1) is 23.6 Å². The summed E-state index contributed by atoms with van der Waals surface area (Å²) in [6, 6.07) is 4.59. The molecule has 28 heavy (non-hydrogen) atoms. The largest absolute Gasteiger partial charge is 0.444 e. The number of carbonyl (C=O) groups excluding carboxylic acids is 3. The van der Waals surface area contributed by atoms with E-state index in [0.29, 0.717) is 30.9 Å². The zero-order valence-electron chi connectivity index (χ0n) is 15.2. The molecule has 0 spiro atoms. The number of nitrogens with two attached hydrogens (primary N) is 1. The molecular weight excluding hydrogens is 369 g/mol. The van der Waals surface area contributed by atoms with Crippen LogP contribution in [-0.4, -0.2) is 55.2 Å². The van der Waals surface area contributed by atoms with Crippen LogP contribution in [0.2, 0.25) is 0 Å². The number of ketones is 1. The van der Waals surface area contributed by atoms with Crippen molar-refractivity contribution in [1.82, 2.24) is 0 Å². The predicted octanol–water partition coefficient (Wildman–Crippen LogP) is 0.660. The molecule has 0 aromatic heterocycles. The molecule has 2 aliphatic heterocycles. The third-order valence-electron chi connectivity index (χ3n) is 5.89. The SMILES string of the molecule is NC(=O)CC[C@H]1CN(c2ccc(N3CC4C(C3)C4C(=O)CO)c(F)c2)C(=O)O1. The Morgan fingerprint density at radius 1 is 1.25 bits per heavy atom. The number of amides is 2. The summed E-state index contributed by atoms with van der Waals surface area (Å²) in [6.07, 6.45) is -0.567. The average Bonchev–Trinajstić information content (AvgIpc) is 2.99. The van der Waals surface area contributed by atoms with Crippen molar-refractivity contribution >= 4 is 29.2 Å². The summed E-state index contributed by atoms with van der Waals surface area (Å²) in [4.78, 5) is 37.8. The van der Waals surface area contributed by atoms with Crippen molar-refractivity contribution in [3.05, 3.63) is 24.0 Å². The van der Waals surface area contributed by atoms with Crippen molar-refractivity contribution < 1.29 is 28.6 Å². The van der Waals surface area contributed by atoms with Crippen LogP contribution in [0.5, 0.6) is 0 Å². The Morgan fingerprint density at radius 2 is 1.96 bits per heavy atom. The molecule has 1 aliphatic carbocycles. The zero-order chi connectivity index (χ0) is 20.0. The lowest BCUT2D eigenvalue weighted by atomic mass is 10.1. The topological polar surface area (TPSA) is 113 Å². The van der Waals surface area contributed by atoms with Gasteiger partial charge in [-0.1, -0.05) is 0 Å². The Bertz CT molecular complexity index is 820. The van der Waals surface area contributed by atoms with Gasteiger partial charge < -0.3 is 20.5 Å². The number of aliphatic hydroxyl groups is 1. The molecule has 2 unspecified atom stereocenters. The van der Waals surface area contributed by atoms with Gasteiger partial charge in [0.15, 0.2) is 5.78 Å². The molecule has 3 fully saturated rings. The first-order chi connectivity index (χ1) is 13.4. The summed E-state index contributed by atoms with van der Waals surface area (Å²) in [7, 11) is 0. The lowest BCUT2D eigenvalue weighted by Gasteiger charge is -2.23. The van der Waals surface area contributed by atoms with E-state index in [1.807, 2.05) is 4.90 Å². The van der Waals surface area contributed by atoms with Crippen LogP contribution in [0.25, 0.3) is 0 Å². The van der Waals surface area contributed by atoms with Gasteiger partial charge in [-0.25, -0.2) is 9.18 Å². The fourth-order valence-corrected chi connectivity index (χ4v) is 4.41. The molecule has 3 N–H and O–H groups in total. The second kappa shape index (κ2) is 7.05. The lowest BCUT2D eigenvalue weighted by Crippen LogP contribution is -2.28. The molecular formula is C19H22FN3O5. The minimum Gasteiger partial charge on any atom is -0.444 e. The maximum atomic E-state index is 14.7. The van der Waals surface area contributed by atoms with Crippen molar-refractivity contribution in [3.63, 3.8) is 0 Å². The molecule has 0 radical (unpaired) electrons. The van der Waals surface area contributed by atoms with E-state index in [2.05, 4.69) is 0 Å². The lowest BCUT2D eigenvalue weighted by molar-refractivity contribution is -0.123. The van der Waals surface area contributed by atoms with Crippen LogP contribution in [0.4, 0.5) is 20.6 Å². The van der Waals surface area contributed by atoms with Crippen molar-refractivity contribution in [2.24, 2.45) is 23.5 Å². The van der Waals surface area contributed by atoms with E-state index in [-0.39, 0.29) is 36.5 Å². The average molecular weight is 391 g/mol. The number of fused-ring (bicyclic) bond motifs is 1. The first-order valence-corrected chi connectivity index (χ1v) is 9.33. The molecule has 9 heteroatoms. The number of nitrogens with zero attached hydrogens (tertiary/aromatic N) is 2. The van der Waals surface area contributed by atoms with Crippen molar-refractivity contribution in [3.8, 4) is 0 Å². The molecule has 1 aromatic carbocycles. The smallest absolute Gasteiger partial charge is 0.414 e. The van der Waals surface area contributed by atoms with Crippen LogP contribution in [0.1, 0.15) is 12.8 Å². The molecule has 3 aliphatic rings. The number of anilines is 2. The highest BCUT2D eigenvalue weighted by Gasteiger charge is 2.59. The van der Waals surface area contributed by atoms with Gasteiger partial charge in [-0.2, -0.15) is 0 Å². The standard InChI is InChI=1S/C19H22FN3O5/c20-14-5-10(23-6-11(28-19(23)27)2-4-17(21)26)1-3-15(14)22-7-12-13(8-22)18(12)16(25)9-24/h1,3,5,11-13,18,24H,2,4,6-9H2,(H2,21,26)/t11-,12?,13?,18?/m0/s1. The number of hydrogen-bond acceptors (Lipinski definition) is 6. The Labute approximate surface area is 161 Å². The van der Waals surface area contributed by atoms with Gasteiger partial charge >= 0.3 is 6.09 Å². The van der Waals surface area contributed by atoms with Crippen LogP contribution >= 0.6 is 0 Å². The van der Waals surface area contributed by atoms with E-state index >= 15 is 0 Å². The quantitative estimate of drug-likeness (QED) is 0.706. The van der Waals surface area contributed by atoms with Crippen LogP contribution < -0.4 is 15.5 Å². The van der Waals surface area contributed by atoms with Gasteiger partial charge in [0.05, 0.1) is 17.9 Å². The first-order valence-electron chi connectivity index (χ1n) is 9.33. The van der Waals surface area contributed by atoms with E-state index in [1.54, 1.807) is 12.1 Å². The predicted molar refractivity (Wildman–Crippen MR) is 97.2 cm³/mol. The number of benzene rings is 1. The van der Waals surface area contributed by atoms with E-state index < -0.39 is 30.5 Å². The molecule has 8 nitrogen and oxygen atoms in total. The number of hydrogen-bond donors (Lipinski definition) is 2. The van der Waals surface area contributed by atoms with Gasteiger partial charge in [-0.3, -0.25) is 14.5 Å². The highest BCUT2D eigenvalue weighted by Crippen LogP contribution is 2.53. The van der Waals surface area contributed by atoms with Crippen LogP contribution in [0.15, 0.2) is 18.2 Å². The summed E-state index contributed by atoms with van der Waals surface area (Å²) in [5, 5.41) is 8.97. The highest BCUT2D eigenvalue weighted by molar-refractivity contribution is 5.90. The maximum absolute atomic E-state index is 14.7. The van der Waals surface area contributed by atoms with Crippen molar-refractivity contribution in [1.29, 1.82) is 0 Å². The van der Waals surface area contributed by atoms with E-state index in [4.69, 9.17) is 15.6 Å². The second-order valence-corrected chi connectivity index (χ2v) is 7.64. The summed E-state index contributed by atoms with van der Waals surface area (Å²) < 4.78 is 19.9. The molecule has 0 bridgehead atoms. The van der Waals surface area contributed by atoms with Gasteiger partial charge in [0.1, 0.15) is 18.5 Å². The maximum Gasteiger partial charge on any atom is 0.414 e. The molecule has 2 heterocycles. The Balaban J connectivity index is 1.40. The number of halogens is 1. The monoisotopic (exact) mass is 391 g/mol. The van der Waals surface area contributed by atoms with E-state index in [1.165, 1.54) is 11.0 Å². The number of cyclic esters (lactones) is 1. The normalized spacial score (nSPS) is 28.3. The zero-order valence-corrected chi connectivity index (χ0v) is 15.2. The van der Waals surface area contributed by atoms with Gasteiger partial charge in [0.25, 0.3) is 0 Å². The van der Waals surface area contributed by atoms with Gasteiger partial charge in [0, 0.05) is 25.4 Å². The molecule has 150 valence electrons. The number of carbonyl (C=O) groups is 3. The molecule has 4 rings (SSSR count). The highest BCUT2D eigenvalue weighted by atomic mass is 19.1. The van der Waals surface area contributed by atoms with Gasteiger partial charge in [-0.05, 0) is 36.5 Å². The molecule has 2 saturated heterocycles. The Kier molecular flexibility index (Phi) is 4.70. The Hall–Kier alpha value is -2.68. The van der Waals surface area contributed by atoms with E-state index in [0.717, 1.165) is 0 Å². The van der Waals surface area contributed by atoms with Crippen molar-refractivity contribution in [2.75, 3.05) is 36.0 Å². The number of aliphatic hydroxyl groups excluding tert-OH is 1. The summed E-state index contributed by atoms with van der Waals surface area (Å²) in [6.45, 7) is 0.966. The third kappa shape index (κ3) is 3.30. The van der Waals surface area contributed by atoms with Crippen molar-refractivity contribution in [2.45, 2.75) is 18.9 Å².